The summed E-state index contributed by atoms with van der Waals surface area (Å²) in [5.41, 5.74) is 3.04. The molecule has 232 valence electrons. The number of hydrogen-bond acceptors (Lipinski definition) is 9. The average Bonchev–Trinajstić information content (AvgIpc) is 3.11. The van der Waals surface area contributed by atoms with Crippen LogP contribution in [-0.2, 0) is 16.0 Å². The highest BCUT2D eigenvalue weighted by atomic mass is 16.6. The van der Waals surface area contributed by atoms with Gasteiger partial charge in [-0.3, -0.25) is 9.59 Å². The molecule has 44 heavy (non-hydrogen) atoms. The summed E-state index contributed by atoms with van der Waals surface area (Å²) in [7, 11) is 3.13. The second-order valence-electron chi connectivity index (χ2n) is 11.9. The summed E-state index contributed by atoms with van der Waals surface area (Å²) in [4.78, 5) is 47.2. The molecule has 12 heteroatoms. The van der Waals surface area contributed by atoms with Crippen LogP contribution < -0.4 is 30.7 Å². The van der Waals surface area contributed by atoms with Crippen LogP contribution in [0.15, 0.2) is 42.6 Å². The topological polar surface area (TPSA) is 153 Å². The van der Waals surface area contributed by atoms with Gasteiger partial charge in [0.15, 0.2) is 11.5 Å². The van der Waals surface area contributed by atoms with E-state index in [1.165, 1.54) is 0 Å². The van der Waals surface area contributed by atoms with E-state index in [1.54, 1.807) is 50.7 Å². The molecule has 1 saturated carbocycles. The van der Waals surface area contributed by atoms with E-state index in [2.05, 4.69) is 26.3 Å². The van der Waals surface area contributed by atoms with Crippen LogP contribution in [0.1, 0.15) is 62.4 Å². The molecule has 0 unspecified atom stereocenters. The number of aromatic nitrogens is 2. The fourth-order valence-electron chi connectivity index (χ4n) is 5.36. The Morgan fingerprint density at radius 1 is 0.932 bits per heavy atom. The van der Waals surface area contributed by atoms with Gasteiger partial charge in [-0.1, -0.05) is 0 Å². The number of ether oxygens (including phenoxy) is 3. The number of carbonyl (C=O) groups excluding carboxylic acids is 3. The molecule has 4 N–H and O–H groups in total. The minimum absolute atomic E-state index is 0.00824. The highest BCUT2D eigenvalue weighted by Crippen LogP contribution is 2.35. The average molecular weight is 603 g/mol. The molecule has 2 aromatic carbocycles. The summed E-state index contributed by atoms with van der Waals surface area (Å²) in [5, 5.41) is 12.1. The number of fused-ring (bicyclic) bond motifs is 3. The number of benzene rings is 2. The molecular formula is C32H38N6O6. The molecule has 0 radical (unpaired) electrons. The molecule has 1 fully saturated rings. The monoisotopic (exact) mass is 602 g/mol. The number of nitrogens with one attached hydrogen (secondary N) is 4. The molecule has 5 rings (SSSR count). The highest BCUT2D eigenvalue weighted by Gasteiger charge is 2.27. The smallest absolute Gasteiger partial charge is 0.407 e. The van der Waals surface area contributed by atoms with Crippen molar-refractivity contribution < 1.29 is 28.6 Å². The highest BCUT2D eigenvalue weighted by molar-refractivity contribution is 6.03. The second kappa shape index (κ2) is 12.8. The Bertz CT molecular complexity index is 1560. The van der Waals surface area contributed by atoms with Gasteiger partial charge in [-0.15, -0.1) is 0 Å². The van der Waals surface area contributed by atoms with E-state index in [-0.39, 0.29) is 30.3 Å². The summed E-state index contributed by atoms with van der Waals surface area (Å²) in [6, 6.07) is 10.6. The van der Waals surface area contributed by atoms with Crippen LogP contribution in [0.3, 0.4) is 0 Å². The van der Waals surface area contributed by atoms with E-state index in [4.69, 9.17) is 19.2 Å². The van der Waals surface area contributed by atoms with Crippen LogP contribution in [0, 0.1) is 0 Å². The normalized spacial score (nSPS) is 17.6. The van der Waals surface area contributed by atoms with Gasteiger partial charge in [0, 0.05) is 46.7 Å². The van der Waals surface area contributed by atoms with Gasteiger partial charge in [0.2, 0.25) is 11.9 Å². The maximum Gasteiger partial charge on any atom is 0.407 e. The first-order valence-electron chi connectivity index (χ1n) is 14.6. The molecule has 12 nitrogen and oxygen atoms in total. The molecule has 2 heterocycles. The molecule has 3 aromatic rings. The Morgan fingerprint density at radius 2 is 1.64 bits per heavy atom. The molecule has 0 atom stereocenters. The quantitative estimate of drug-likeness (QED) is 0.294. The van der Waals surface area contributed by atoms with E-state index in [1.807, 2.05) is 26.8 Å². The van der Waals surface area contributed by atoms with Gasteiger partial charge in [0.1, 0.15) is 5.60 Å². The van der Waals surface area contributed by atoms with Crippen molar-refractivity contribution in [3.63, 3.8) is 0 Å². The van der Waals surface area contributed by atoms with Crippen molar-refractivity contribution in [3.8, 4) is 22.8 Å². The van der Waals surface area contributed by atoms with E-state index in [0.717, 1.165) is 25.7 Å². The van der Waals surface area contributed by atoms with Crippen LogP contribution in [0.2, 0.25) is 0 Å². The summed E-state index contributed by atoms with van der Waals surface area (Å²) in [6.07, 6.45) is 4.24. The third kappa shape index (κ3) is 7.36. The Morgan fingerprint density at radius 3 is 2.32 bits per heavy atom. The zero-order chi connectivity index (χ0) is 31.4. The predicted octanol–water partition coefficient (Wildman–Crippen LogP) is 4.96. The first-order chi connectivity index (χ1) is 21.0. The maximum absolute atomic E-state index is 13.2. The summed E-state index contributed by atoms with van der Waals surface area (Å²) >= 11 is 0. The van der Waals surface area contributed by atoms with Crippen LogP contribution in [-0.4, -0.2) is 59.8 Å². The van der Waals surface area contributed by atoms with E-state index >= 15 is 0 Å². The van der Waals surface area contributed by atoms with E-state index in [0.29, 0.717) is 51.2 Å². The second-order valence-corrected chi connectivity index (χ2v) is 11.9. The largest absolute Gasteiger partial charge is 0.493 e. The zero-order valence-electron chi connectivity index (χ0n) is 25.6. The molecule has 3 amide bonds. The van der Waals surface area contributed by atoms with Gasteiger partial charge in [0.05, 0.1) is 32.0 Å². The van der Waals surface area contributed by atoms with Crippen LogP contribution in [0.25, 0.3) is 11.3 Å². The molecule has 1 aliphatic carbocycles. The first kappa shape index (κ1) is 30.6. The standard InChI is InChI=1S/C32H38N6O6/c1-32(2,3)44-31(41)36-21-9-7-20(8-10-21)34-29(40)18-6-12-23-24(14-18)37-27(39)15-19-17-33-30(38-28(19)23)35-22-11-13-25(42-4)26(16-22)43-5/h6,11-14,16-17,20-21H,7-10,15H2,1-5H3,(H,34,40)(H,36,41)(H,37,39)(H,33,35,38)/t20-,21-. The number of rotatable bonds is 7. The third-order valence-electron chi connectivity index (χ3n) is 7.45. The van der Waals surface area contributed by atoms with Gasteiger partial charge in [0.25, 0.3) is 5.91 Å². The van der Waals surface area contributed by atoms with Gasteiger partial charge in [-0.05, 0) is 76.8 Å². The Balaban J connectivity index is 1.27. The Kier molecular flexibility index (Phi) is 8.88. The Labute approximate surface area is 256 Å². The number of nitrogens with zero attached hydrogens (tertiary/aromatic N) is 2. The van der Waals surface area contributed by atoms with Crippen molar-refractivity contribution in [2.45, 2.75) is 70.6 Å². The lowest BCUT2D eigenvalue weighted by Gasteiger charge is -2.30. The van der Waals surface area contributed by atoms with E-state index < -0.39 is 11.7 Å². The minimum atomic E-state index is -0.553. The first-order valence-corrected chi connectivity index (χ1v) is 14.6. The van der Waals surface area contributed by atoms with Gasteiger partial charge >= 0.3 is 6.09 Å². The number of hydrogen-bond donors (Lipinski definition) is 4. The van der Waals surface area contributed by atoms with Crippen molar-refractivity contribution >= 4 is 35.2 Å². The molecule has 0 bridgehead atoms. The van der Waals surface area contributed by atoms with Crippen molar-refractivity contribution in [3.05, 3.63) is 53.7 Å². The lowest BCUT2D eigenvalue weighted by atomic mass is 9.91. The van der Waals surface area contributed by atoms with Crippen LogP contribution in [0.5, 0.6) is 11.5 Å². The number of anilines is 3. The number of amides is 3. The maximum atomic E-state index is 13.2. The fourth-order valence-corrected chi connectivity index (χ4v) is 5.36. The molecular weight excluding hydrogens is 564 g/mol. The Hall–Kier alpha value is -4.87. The lowest BCUT2D eigenvalue weighted by Crippen LogP contribution is -2.45. The van der Waals surface area contributed by atoms with Crippen molar-refractivity contribution in [1.82, 2.24) is 20.6 Å². The van der Waals surface area contributed by atoms with Crippen LogP contribution in [0.4, 0.5) is 22.1 Å². The molecule has 1 aliphatic heterocycles. The van der Waals surface area contributed by atoms with Crippen molar-refractivity contribution in [1.29, 1.82) is 0 Å². The van der Waals surface area contributed by atoms with Gasteiger partial charge in [-0.25, -0.2) is 14.8 Å². The third-order valence-corrected chi connectivity index (χ3v) is 7.45. The van der Waals surface area contributed by atoms with E-state index in [9.17, 15) is 14.4 Å². The summed E-state index contributed by atoms with van der Waals surface area (Å²) < 4.78 is 16.0. The minimum Gasteiger partial charge on any atom is -0.493 e. The number of carbonyl (C=O) groups is 3. The fraction of sp³-hybridized carbons (Fsp3) is 0.406. The molecule has 0 saturated heterocycles. The number of methoxy groups -OCH3 is 2. The van der Waals surface area contributed by atoms with Gasteiger partial charge in [-0.2, -0.15) is 0 Å². The molecule has 0 spiro atoms. The van der Waals surface area contributed by atoms with Crippen LogP contribution >= 0.6 is 0 Å². The number of alkyl carbamates (subject to hydrolysis) is 1. The molecule has 1 aromatic heterocycles. The van der Waals surface area contributed by atoms with Crippen molar-refractivity contribution in [2.24, 2.45) is 0 Å². The predicted molar refractivity (Wildman–Crippen MR) is 166 cm³/mol. The summed E-state index contributed by atoms with van der Waals surface area (Å²) in [6.45, 7) is 5.49. The van der Waals surface area contributed by atoms with Gasteiger partial charge < -0.3 is 35.5 Å². The summed E-state index contributed by atoms with van der Waals surface area (Å²) in [5.74, 6) is 1.05. The SMILES string of the molecule is COc1ccc(Nc2ncc3c(n2)-c2ccc(C(=O)N[C@H]4CC[C@H](NC(=O)OC(C)(C)C)CC4)cc2NC(=O)C3)cc1OC. The lowest BCUT2D eigenvalue weighted by molar-refractivity contribution is -0.115. The zero-order valence-corrected chi connectivity index (χ0v) is 25.6. The molecule has 2 aliphatic rings. The van der Waals surface area contributed by atoms with Crippen molar-refractivity contribution in [2.75, 3.05) is 24.9 Å².